The van der Waals surface area contributed by atoms with Gasteiger partial charge in [-0.05, 0) is 37.1 Å². The molecule has 2 amide bonds. The molecule has 24 heavy (non-hydrogen) atoms. The number of hydrogen-bond acceptors (Lipinski definition) is 4. The third-order valence-electron chi connectivity index (χ3n) is 4.11. The molecule has 1 saturated carbocycles. The summed E-state index contributed by atoms with van der Waals surface area (Å²) >= 11 is 3.39. The van der Waals surface area contributed by atoms with Crippen LogP contribution < -0.4 is 5.32 Å². The fraction of sp³-hybridized carbons (Fsp3) is 0.375. The third-order valence-corrected chi connectivity index (χ3v) is 4.61. The number of benzene rings is 1. The van der Waals surface area contributed by atoms with Gasteiger partial charge in [-0.15, -0.1) is 0 Å². The molecule has 0 radical (unpaired) electrons. The number of carbonyl (C=O) groups excluding carboxylic acids is 2. The van der Waals surface area contributed by atoms with Crippen LogP contribution in [0.25, 0.3) is 0 Å². The summed E-state index contributed by atoms with van der Waals surface area (Å²) in [6.45, 7) is 1.94. The van der Waals surface area contributed by atoms with E-state index < -0.39 is 0 Å². The Balaban J connectivity index is 1.53. The second-order valence-electron chi connectivity index (χ2n) is 6.02. The van der Waals surface area contributed by atoms with Crippen LogP contribution in [0.15, 0.2) is 29.0 Å². The van der Waals surface area contributed by atoms with Crippen LogP contribution in [-0.4, -0.2) is 45.5 Å². The van der Waals surface area contributed by atoms with Crippen molar-refractivity contribution in [2.45, 2.75) is 19.3 Å². The van der Waals surface area contributed by atoms with E-state index in [9.17, 15) is 9.59 Å². The first-order valence-electron chi connectivity index (χ1n) is 7.62. The standard InChI is InChI=1S/C16H18BrN5O2/c1-9-5-10(17)3-4-13(9)20-14(23)7-22(2)16(24)12-6-11(12)15-18-8-19-21-15/h3-5,8,11-12H,6-7H2,1-2H3,(H,20,23)(H,18,19,21)/t11-,12+/m0/s1. The summed E-state index contributed by atoms with van der Waals surface area (Å²) in [6.07, 6.45) is 2.18. The number of carbonyl (C=O) groups is 2. The SMILES string of the molecule is Cc1cc(Br)ccc1NC(=O)CN(C)C(=O)[C@@H]1C[C@@H]1c1ncn[nH]1. The number of aromatic nitrogens is 3. The van der Waals surface area contributed by atoms with Gasteiger partial charge in [0.2, 0.25) is 11.8 Å². The van der Waals surface area contributed by atoms with Crippen LogP contribution in [-0.2, 0) is 9.59 Å². The van der Waals surface area contributed by atoms with Crippen molar-refractivity contribution in [1.29, 1.82) is 0 Å². The van der Waals surface area contributed by atoms with Crippen molar-refractivity contribution >= 4 is 33.4 Å². The van der Waals surface area contributed by atoms with Gasteiger partial charge < -0.3 is 10.2 Å². The maximum atomic E-state index is 12.4. The van der Waals surface area contributed by atoms with Gasteiger partial charge in [0.25, 0.3) is 0 Å². The van der Waals surface area contributed by atoms with Crippen molar-refractivity contribution in [3.8, 4) is 0 Å². The first-order chi connectivity index (χ1) is 11.5. The Morgan fingerprint density at radius 2 is 2.25 bits per heavy atom. The van der Waals surface area contributed by atoms with E-state index in [4.69, 9.17) is 0 Å². The number of H-pyrrole nitrogens is 1. The number of hydrogen-bond donors (Lipinski definition) is 2. The van der Waals surface area contributed by atoms with Gasteiger partial charge in [0.05, 0.1) is 6.54 Å². The lowest BCUT2D eigenvalue weighted by atomic mass is 10.2. The van der Waals surface area contributed by atoms with Crippen molar-refractivity contribution < 1.29 is 9.59 Å². The van der Waals surface area contributed by atoms with Crippen molar-refractivity contribution in [2.75, 3.05) is 18.9 Å². The lowest BCUT2D eigenvalue weighted by Gasteiger charge is -2.17. The summed E-state index contributed by atoms with van der Waals surface area (Å²) < 4.78 is 0.956. The Kier molecular flexibility index (Phi) is 4.66. The smallest absolute Gasteiger partial charge is 0.243 e. The van der Waals surface area contributed by atoms with E-state index in [0.717, 1.165) is 28.0 Å². The molecular weight excluding hydrogens is 374 g/mol. The molecule has 1 fully saturated rings. The van der Waals surface area contributed by atoms with Crippen molar-refractivity contribution in [2.24, 2.45) is 5.92 Å². The highest BCUT2D eigenvalue weighted by molar-refractivity contribution is 9.10. The van der Waals surface area contributed by atoms with E-state index in [-0.39, 0.29) is 30.2 Å². The third kappa shape index (κ3) is 3.64. The topological polar surface area (TPSA) is 91.0 Å². The molecule has 0 aliphatic heterocycles. The number of nitrogens with one attached hydrogen (secondary N) is 2. The van der Waals surface area contributed by atoms with E-state index in [1.54, 1.807) is 7.05 Å². The summed E-state index contributed by atoms with van der Waals surface area (Å²) in [5.74, 6) is 0.438. The van der Waals surface area contributed by atoms with E-state index >= 15 is 0 Å². The Morgan fingerprint density at radius 3 is 2.92 bits per heavy atom. The molecule has 1 aromatic heterocycles. The Labute approximate surface area is 148 Å². The summed E-state index contributed by atoms with van der Waals surface area (Å²) in [5, 5.41) is 9.43. The normalized spacial score (nSPS) is 19.0. The van der Waals surface area contributed by atoms with Crippen LogP contribution in [0.1, 0.15) is 23.7 Å². The molecule has 0 spiro atoms. The molecule has 1 aromatic carbocycles. The molecule has 7 nitrogen and oxygen atoms in total. The number of anilines is 1. The molecule has 3 rings (SSSR count). The number of likely N-dealkylation sites (N-methyl/N-ethyl adjacent to an activating group) is 1. The van der Waals surface area contributed by atoms with Crippen LogP contribution in [0.3, 0.4) is 0 Å². The minimum Gasteiger partial charge on any atom is -0.336 e. The van der Waals surface area contributed by atoms with Gasteiger partial charge in [0.1, 0.15) is 12.2 Å². The highest BCUT2D eigenvalue weighted by Gasteiger charge is 2.47. The van der Waals surface area contributed by atoms with Crippen LogP contribution in [0.5, 0.6) is 0 Å². The minimum atomic E-state index is -0.215. The molecule has 1 aliphatic rings. The number of nitrogens with zero attached hydrogens (tertiary/aromatic N) is 3. The number of aromatic amines is 1. The number of amides is 2. The highest BCUT2D eigenvalue weighted by Crippen LogP contribution is 2.46. The number of aryl methyl sites for hydroxylation is 1. The number of halogens is 1. The molecule has 0 unspecified atom stereocenters. The van der Waals surface area contributed by atoms with Crippen LogP contribution >= 0.6 is 15.9 Å². The average molecular weight is 392 g/mol. The van der Waals surface area contributed by atoms with E-state index in [2.05, 4.69) is 36.4 Å². The maximum Gasteiger partial charge on any atom is 0.243 e. The van der Waals surface area contributed by atoms with Crippen molar-refractivity contribution in [3.63, 3.8) is 0 Å². The molecule has 2 N–H and O–H groups in total. The van der Waals surface area contributed by atoms with Crippen molar-refractivity contribution in [1.82, 2.24) is 20.1 Å². The minimum absolute atomic E-state index is 0.0218. The second-order valence-corrected chi connectivity index (χ2v) is 6.94. The van der Waals surface area contributed by atoms with Crippen molar-refractivity contribution in [3.05, 3.63) is 40.4 Å². The van der Waals surface area contributed by atoms with Crippen LogP contribution in [0.4, 0.5) is 5.69 Å². The molecule has 8 heteroatoms. The summed E-state index contributed by atoms with van der Waals surface area (Å²) in [5.41, 5.74) is 1.70. The number of rotatable bonds is 5. The molecule has 1 aliphatic carbocycles. The van der Waals surface area contributed by atoms with Gasteiger partial charge in [0, 0.05) is 29.0 Å². The Morgan fingerprint density at radius 1 is 1.46 bits per heavy atom. The molecule has 0 saturated heterocycles. The fourth-order valence-corrected chi connectivity index (χ4v) is 3.17. The predicted octanol–water partition coefficient (Wildman–Crippen LogP) is 2.08. The van der Waals surface area contributed by atoms with Gasteiger partial charge in [-0.3, -0.25) is 14.7 Å². The summed E-state index contributed by atoms with van der Waals surface area (Å²) in [7, 11) is 1.64. The van der Waals surface area contributed by atoms with Crippen LogP contribution in [0.2, 0.25) is 0 Å². The molecule has 126 valence electrons. The molecule has 2 atom stereocenters. The zero-order valence-electron chi connectivity index (χ0n) is 13.4. The van der Waals surface area contributed by atoms with E-state index in [0.29, 0.717) is 0 Å². The summed E-state index contributed by atoms with van der Waals surface area (Å²) in [6, 6.07) is 5.63. The quantitative estimate of drug-likeness (QED) is 0.815. The second kappa shape index (κ2) is 6.72. The maximum absolute atomic E-state index is 12.4. The largest absolute Gasteiger partial charge is 0.336 e. The zero-order chi connectivity index (χ0) is 17.3. The van der Waals surface area contributed by atoms with E-state index in [1.807, 2.05) is 25.1 Å². The first-order valence-corrected chi connectivity index (χ1v) is 8.41. The van der Waals surface area contributed by atoms with Gasteiger partial charge in [0.15, 0.2) is 0 Å². The van der Waals surface area contributed by atoms with Crippen LogP contribution in [0, 0.1) is 12.8 Å². The average Bonchev–Trinajstić information content (AvgIpc) is 3.14. The van der Waals surface area contributed by atoms with Gasteiger partial charge >= 0.3 is 0 Å². The fourth-order valence-electron chi connectivity index (χ4n) is 2.70. The molecule has 1 heterocycles. The summed E-state index contributed by atoms with van der Waals surface area (Å²) in [4.78, 5) is 30.1. The predicted molar refractivity (Wildman–Crippen MR) is 92.4 cm³/mol. The molecule has 0 bridgehead atoms. The Hall–Kier alpha value is -2.22. The van der Waals surface area contributed by atoms with Gasteiger partial charge in [-0.1, -0.05) is 15.9 Å². The lowest BCUT2D eigenvalue weighted by molar-refractivity contribution is -0.134. The zero-order valence-corrected chi connectivity index (χ0v) is 15.0. The van der Waals surface area contributed by atoms with E-state index in [1.165, 1.54) is 11.2 Å². The lowest BCUT2D eigenvalue weighted by Crippen LogP contribution is -2.36. The van der Waals surface area contributed by atoms with Gasteiger partial charge in [-0.2, -0.15) is 5.10 Å². The Bertz CT molecular complexity index is 762. The molecular formula is C16H18BrN5O2. The molecule has 2 aromatic rings. The van der Waals surface area contributed by atoms with Gasteiger partial charge in [-0.25, -0.2) is 4.98 Å². The highest BCUT2D eigenvalue weighted by atomic mass is 79.9. The first kappa shape index (κ1) is 16.6. The monoisotopic (exact) mass is 391 g/mol.